The number of aryl methyl sites for hydroxylation is 1. The Morgan fingerprint density at radius 2 is 2.40 bits per heavy atom. The summed E-state index contributed by atoms with van der Waals surface area (Å²) in [5.74, 6) is 0. The predicted molar refractivity (Wildman–Crippen MR) is 39.7 cm³/mol. The van der Waals surface area contributed by atoms with Crippen molar-refractivity contribution in [2.45, 2.75) is 13.0 Å². The Balaban J connectivity index is 2.32. The van der Waals surface area contributed by atoms with Crippen molar-refractivity contribution in [2.75, 3.05) is 6.54 Å². The highest BCUT2D eigenvalue weighted by Crippen LogP contribution is 2.18. The van der Waals surface area contributed by atoms with Gasteiger partial charge in [-0.05, 0) is 19.1 Å². The highest BCUT2D eigenvalue weighted by molar-refractivity contribution is 5.17. The summed E-state index contributed by atoms with van der Waals surface area (Å²) in [6.07, 6.45) is 0. The second-order valence-corrected chi connectivity index (χ2v) is 2.66. The molecule has 0 spiro atoms. The van der Waals surface area contributed by atoms with E-state index in [-0.39, 0.29) is 0 Å². The number of hydrogen-bond acceptors (Lipinski definition) is 2. The molecule has 1 aliphatic heterocycles. The SMILES string of the molecule is Cc1cccc([C@H]2CN2)n1. The van der Waals surface area contributed by atoms with Gasteiger partial charge in [-0.3, -0.25) is 4.98 Å². The molecule has 1 saturated heterocycles. The molecular formula is C8H10N2. The fourth-order valence-electron chi connectivity index (χ4n) is 1.03. The lowest BCUT2D eigenvalue weighted by atomic mass is 10.2. The van der Waals surface area contributed by atoms with Crippen LogP contribution in [0.4, 0.5) is 0 Å². The van der Waals surface area contributed by atoms with Crippen LogP contribution in [0.25, 0.3) is 0 Å². The van der Waals surface area contributed by atoms with Gasteiger partial charge in [-0.1, -0.05) is 6.07 Å². The summed E-state index contributed by atoms with van der Waals surface area (Å²) in [7, 11) is 0. The third kappa shape index (κ3) is 1.02. The average Bonchev–Trinajstić information content (AvgIpc) is 2.68. The van der Waals surface area contributed by atoms with Gasteiger partial charge in [0.25, 0.3) is 0 Å². The third-order valence-corrected chi connectivity index (χ3v) is 1.68. The average molecular weight is 134 g/mol. The minimum absolute atomic E-state index is 0.542. The number of rotatable bonds is 1. The molecule has 1 aliphatic rings. The predicted octanol–water partition coefficient (Wildman–Crippen LogP) is 1.03. The van der Waals surface area contributed by atoms with E-state index in [1.807, 2.05) is 13.0 Å². The normalized spacial score (nSPS) is 22.7. The molecule has 0 aromatic carbocycles. The summed E-state index contributed by atoms with van der Waals surface area (Å²) >= 11 is 0. The number of nitrogens with zero attached hydrogens (tertiary/aromatic N) is 1. The molecule has 0 aliphatic carbocycles. The van der Waals surface area contributed by atoms with Gasteiger partial charge in [-0.25, -0.2) is 0 Å². The Kier molecular flexibility index (Phi) is 1.21. The summed E-state index contributed by atoms with van der Waals surface area (Å²) in [6, 6.07) is 6.68. The van der Waals surface area contributed by atoms with Gasteiger partial charge < -0.3 is 5.32 Å². The molecule has 2 rings (SSSR count). The van der Waals surface area contributed by atoms with E-state index in [1.165, 1.54) is 5.69 Å². The summed E-state index contributed by atoms with van der Waals surface area (Å²) in [6.45, 7) is 3.11. The zero-order valence-corrected chi connectivity index (χ0v) is 5.96. The largest absolute Gasteiger partial charge is 0.306 e. The maximum Gasteiger partial charge on any atom is 0.0622 e. The van der Waals surface area contributed by atoms with E-state index in [0.717, 1.165) is 12.2 Å². The number of aromatic nitrogens is 1. The lowest BCUT2D eigenvalue weighted by Gasteiger charge is -1.95. The van der Waals surface area contributed by atoms with Crippen LogP contribution in [-0.2, 0) is 0 Å². The fraction of sp³-hybridized carbons (Fsp3) is 0.375. The van der Waals surface area contributed by atoms with E-state index >= 15 is 0 Å². The van der Waals surface area contributed by atoms with E-state index in [2.05, 4.69) is 22.4 Å². The Labute approximate surface area is 60.3 Å². The van der Waals surface area contributed by atoms with Gasteiger partial charge in [0.2, 0.25) is 0 Å². The molecular weight excluding hydrogens is 124 g/mol. The molecule has 1 fully saturated rings. The van der Waals surface area contributed by atoms with Gasteiger partial charge in [0.05, 0.1) is 11.7 Å². The van der Waals surface area contributed by atoms with Crippen molar-refractivity contribution in [1.82, 2.24) is 10.3 Å². The molecule has 0 saturated carbocycles. The molecule has 1 atom stereocenters. The molecule has 0 bridgehead atoms. The van der Waals surface area contributed by atoms with Crippen LogP contribution in [0.15, 0.2) is 18.2 Å². The van der Waals surface area contributed by atoms with E-state index in [0.29, 0.717) is 6.04 Å². The summed E-state index contributed by atoms with van der Waals surface area (Å²) < 4.78 is 0. The molecule has 1 aromatic heterocycles. The second kappa shape index (κ2) is 2.06. The van der Waals surface area contributed by atoms with Crippen LogP contribution in [0, 0.1) is 6.92 Å². The Morgan fingerprint density at radius 1 is 1.60 bits per heavy atom. The number of pyridine rings is 1. The third-order valence-electron chi connectivity index (χ3n) is 1.68. The van der Waals surface area contributed by atoms with E-state index in [9.17, 15) is 0 Å². The summed E-state index contributed by atoms with van der Waals surface area (Å²) in [4.78, 5) is 4.37. The van der Waals surface area contributed by atoms with Crippen LogP contribution >= 0.6 is 0 Å². The molecule has 0 unspecified atom stereocenters. The van der Waals surface area contributed by atoms with Crippen molar-refractivity contribution in [3.05, 3.63) is 29.6 Å². The first-order valence-corrected chi connectivity index (χ1v) is 3.53. The van der Waals surface area contributed by atoms with Gasteiger partial charge in [-0.2, -0.15) is 0 Å². The van der Waals surface area contributed by atoms with Crippen LogP contribution in [0.5, 0.6) is 0 Å². The Hall–Kier alpha value is -0.890. The smallest absolute Gasteiger partial charge is 0.0622 e. The van der Waals surface area contributed by atoms with Crippen molar-refractivity contribution in [2.24, 2.45) is 0 Å². The zero-order valence-electron chi connectivity index (χ0n) is 5.96. The second-order valence-electron chi connectivity index (χ2n) is 2.66. The van der Waals surface area contributed by atoms with E-state index < -0.39 is 0 Å². The van der Waals surface area contributed by atoms with Crippen molar-refractivity contribution in [3.63, 3.8) is 0 Å². The first-order chi connectivity index (χ1) is 4.86. The lowest BCUT2D eigenvalue weighted by Crippen LogP contribution is -1.90. The molecule has 2 heterocycles. The fourth-order valence-corrected chi connectivity index (χ4v) is 1.03. The highest BCUT2D eigenvalue weighted by Gasteiger charge is 2.22. The highest BCUT2D eigenvalue weighted by atomic mass is 15.1. The monoisotopic (exact) mass is 134 g/mol. The molecule has 0 radical (unpaired) electrons. The molecule has 10 heavy (non-hydrogen) atoms. The van der Waals surface area contributed by atoms with Crippen LogP contribution in [0.2, 0.25) is 0 Å². The molecule has 1 N–H and O–H groups in total. The summed E-state index contributed by atoms with van der Waals surface area (Å²) in [5.41, 5.74) is 2.28. The number of nitrogens with one attached hydrogen (secondary N) is 1. The van der Waals surface area contributed by atoms with Crippen LogP contribution < -0.4 is 5.32 Å². The maximum atomic E-state index is 4.37. The van der Waals surface area contributed by atoms with Crippen LogP contribution in [-0.4, -0.2) is 11.5 Å². The standard InChI is InChI=1S/C8H10N2/c1-6-3-2-4-7(10-6)8-5-9-8/h2-4,8-9H,5H2,1H3/t8-/m1/s1. The van der Waals surface area contributed by atoms with Crippen molar-refractivity contribution >= 4 is 0 Å². The van der Waals surface area contributed by atoms with E-state index in [1.54, 1.807) is 0 Å². The molecule has 52 valence electrons. The van der Waals surface area contributed by atoms with Crippen LogP contribution in [0.3, 0.4) is 0 Å². The molecule has 1 aromatic rings. The number of hydrogen-bond donors (Lipinski definition) is 1. The Morgan fingerprint density at radius 3 is 3.00 bits per heavy atom. The first kappa shape index (κ1) is 5.86. The van der Waals surface area contributed by atoms with Crippen LogP contribution in [0.1, 0.15) is 17.4 Å². The van der Waals surface area contributed by atoms with Crippen molar-refractivity contribution in [3.8, 4) is 0 Å². The Bertz CT molecular complexity index is 241. The maximum absolute atomic E-state index is 4.37. The van der Waals surface area contributed by atoms with Crippen molar-refractivity contribution < 1.29 is 0 Å². The van der Waals surface area contributed by atoms with Gasteiger partial charge in [0, 0.05) is 12.2 Å². The van der Waals surface area contributed by atoms with E-state index in [4.69, 9.17) is 0 Å². The summed E-state index contributed by atoms with van der Waals surface area (Å²) in [5, 5.41) is 3.22. The van der Waals surface area contributed by atoms with Gasteiger partial charge in [0.15, 0.2) is 0 Å². The van der Waals surface area contributed by atoms with Crippen molar-refractivity contribution in [1.29, 1.82) is 0 Å². The molecule has 0 amide bonds. The topological polar surface area (TPSA) is 34.8 Å². The minimum atomic E-state index is 0.542. The first-order valence-electron chi connectivity index (χ1n) is 3.53. The van der Waals surface area contributed by atoms with Gasteiger partial charge in [0.1, 0.15) is 0 Å². The van der Waals surface area contributed by atoms with Gasteiger partial charge in [-0.15, -0.1) is 0 Å². The zero-order chi connectivity index (χ0) is 6.97. The molecule has 2 heteroatoms. The van der Waals surface area contributed by atoms with Gasteiger partial charge >= 0.3 is 0 Å². The quantitative estimate of drug-likeness (QED) is 0.582. The minimum Gasteiger partial charge on any atom is -0.306 e. The molecule has 2 nitrogen and oxygen atoms in total. The lowest BCUT2D eigenvalue weighted by molar-refractivity contribution is 0.972.